The summed E-state index contributed by atoms with van der Waals surface area (Å²) in [6, 6.07) is 13.1. The maximum Gasteiger partial charge on any atom is 0.339 e. The quantitative estimate of drug-likeness (QED) is 0.758. The monoisotopic (exact) mass is 271 g/mol. The molecule has 0 aliphatic heterocycles. The predicted molar refractivity (Wildman–Crippen MR) is 74.8 cm³/mol. The summed E-state index contributed by atoms with van der Waals surface area (Å²) in [4.78, 5) is 16.0. The lowest BCUT2D eigenvalue weighted by molar-refractivity contribution is -0.158. The molecule has 2 rings (SSSR count). The molecule has 0 bridgehead atoms. The smallest absolute Gasteiger partial charge is 0.339 e. The number of nitrogens with zero attached hydrogens (tertiary/aromatic N) is 1. The van der Waals surface area contributed by atoms with Gasteiger partial charge in [-0.3, -0.25) is 4.98 Å². The van der Waals surface area contributed by atoms with E-state index in [-0.39, 0.29) is 5.97 Å². The van der Waals surface area contributed by atoms with E-state index < -0.39 is 6.10 Å². The molecule has 1 unspecified atom stereocenters. The molecule has 0 amide bonds. The van der Waals surface area contributed by atoms with E-state index >= 15 is 0 Å². The van der Waals surface area contributed by atoms with Crippen molar-refractivity contribution in [2.45, 2.75) is 19.6 Å². The van der Waals surface area contributed by atoms with E-state index in [4.69, 9.17) is 9.47 Å². The number of aromatic nitrogens is 1. The molecule has 1 atom stereocenters. The first kappa shape index (κ1) is 14.2. The summed E-state index contributed by atoms with van der Waals surface area (Å²) in [6.45, 7) is 2.42. The summed E-state index contributed by atoms with van der Waals surface area (Å²) in [5.41, 5.74) is 1.70. The first-order chi connectivity index (χ1) is 9.81. The summed E-state index contributed by atoms with van der Waals surface area (Å²) < 4.78 is 10.8. The number of carbonyl (C=O) groups is 1. The lowest BCUT2D eigenvalue weighted by Gasteiger charge is -2.16. The van der Waals surface area contributed by atoms with Crippen molar-refractivity contribution in [1.29, 1.82) is 0 Å². The largest absolute Gasteiger partial charge is 0.464 e. The Bertz CT molecular complexity index is 528. The Morgan fingerprint density at radius 2 is 2.00 bits per heavy atom. The third-order valence-electron chi connectivity index (χ3n) is 2.74. The number of hydrogen-bond donors (Lipinski definition) is 0. The van der Waals surface area contributed by atoms with E-state index in [2.05, 4.69) is 4.98 Å². The van der Waals surface area contributed by atoms with Crippen molar-refractivity contribution in [2.75, 3.05) is 6.61 Å². The van der Waals surface area contributed by atoms with E-state index in [1.54, 1.807) is 19.3 Å². The van der Waals surface area contributed by atoms with Crippen molar-refractivity contribution < 1.29 is 14.3 Å². The molecule has 0 N–H and O–H groups in total. The zero-order valence-corrected chi connectivity index (χ0v) is 11.4. The third kappa shape index (κ3) is 3.90. The minimum absolute atomic E-state index is 0.312. The van der Waals surface area contributed by atoms with Gasteiger partial charge in [0, 0.05) is 12.4 Å². The Hall–Kier alpha value is -2.20. The normalized spacial score (nSPS) is 11.8. The topological polar surface area (TPSA) is 48.4 Å². The fourth-order valence-corrected chi connectivity index (χ4v) is 1.81. The Morgan fingerprint density at radius 1 is 1.20 bits per heavy atom. The standard InChI is InChI=1S/C16H17NO3/c1-2-19-16(18)15(14-8-4-3-5-9-14)20-12-13-7-6-10-17-11-13/h3-11,15H,2,12H2,1H3. The van der Waals surface area contributed by atoms with Crippen LogP contribution in [0.3, 0.4) is 0 Å². The molecule has 0 saturated carbocycles. The highest BCUT2D eigenvalue weighted by atomic mass is 16.6. The van der Waals surface area contributed by atoms with Gasteiger partial charge in [0.25, 0.3) is 0 Å². The van der Waals surface area contributed by atoms with Crippen LogP contribution >= 0.6 is 0 Å². The number of pyridine rings is 1. The molecule has 0 aliphatic rings. The maximum absolute atomic E-state index is 12.0. The number of ether oxygens (including phenoxy) is 2. The molecule has 0 saturated heterocycles. The van der Waals surface area contributed by atoms with Gasteiger partial charge in [-0.15, -0.1) is 0 Å². The highest BCUT2D eigenvalue weighted by Gasteiger charge is 2.22. The van der Waals surface area contributed by atoms with Crippen molar-refractivity contribution in [3.05, 3.63) is 66.0 Å². The van der Waals surface area contributed by atoms with E-state index in [9.17, 15) is 4.79 Å². The van der Waals surface area contributed by atoms with Crippen molar-refractivity contribution in [3.63, 3.8) is 0 Å². The fraction of sp³-hybridized carbons (Fsp3) is 0.250. The summed E-state index contributed by atoms with van der Waals surface area (Å²) in [5.74, 6) is -0.373. The molecule has 0 spiro atoms. The van der Waals surface area contributed by atoms with Crippen LogP contribution in [0.1, 0.15) is 24.2 Å². The fourth-order valence-electron chi connectivity index (χ4n) is 1.81. The van der Waals surface area contributed by atoms with E-state index in [1.165, 1.54) is 0 Å². The van der Waals surface area contributed by atoms with Crippen LogP contribution in [0.15, 0.2) is 54.9 Å². The van der Waals surface area contributed by atoms with Crippen molar-refractivity contribution in [2.24, 2.45) is 0 Å². The molecule has 1 aromatic carbocycles. The van der Waals surface area contributed by atoms with Gasteiger partial charge >= 0.3 is 5.97 Å². The van der Waals surface area contributed by atoms with Gasteiger partial charge in [-0.2, -0.15) is 0 Å². The molecule has 2 aromatic rings. The van der Waals surface area contributed by atoms with Crippen LogP contribution < -0.4 is 0 Å². The van der Waals surface area contributed by atoms with Crippen LogP contribution in [-0.2, 0) is 20.9 Å². The van der Waals surface area contributed by atoms with E-state index in [0.29, 0.717) is 13.2 Å². The molecule has 1 aromatic heterocycles. The van der Waals surface area contributed by atoms with Gasteiger partial charge in [-0.05, 0) is 24.1 Å². The first-order valence-corrected chi connectivity index (χ1v) is 6.53. The maximum atomic E-state index is 12.0. The Kier molecular flexibility index (Phi) is 5.26. The number of esters is 1. The first-order valence-electron chi connectivity index (χ1n) is 6.53. The molecular formula is C16H17NO3. The average molecular weight is 271 g/mol. The van der Waals surface area contributed by atoms with E-state index in [0.717, 1.165) is 11.1 Å². The van der Waals surface area contributed by atoms with Crippen LogP contribution in [0.25, 0.3) is 0 Å². The number of hydrogen-bond acceptors (Lipinski definition) is 4. The Labute approximate surface area is 118 Å². The second kappa shape index (κ2) is 7.40. The van der Waals surface area contributed by atoms with E-state index in [1.807, 2.05) is 42.5 Å². The molecule has 0 radical (unpaired) electrons. The second-order valence-corrected chi connectivity index (χ2v) is 4.22. The zero-order valence-electron chi connectivity index (χ0n) is 11.4. The van der Waals surface area contributed by atoms with Gasteiger partial charge in [0.1, 0.15) is 0 Å². The highest BCUT2D eigenvalue weighted by Crippen LogP contribution is 2.20. The van der Waals surface area contributed by atoms with Crippen LogP contribution in [0.2, 0.25) is 0 Å². The van der Waals surface area contributed by atoms with Crippen molar-refractivity contribution in [3.8, 4) is 0 Å². The summed E-state index contributed by atoms with van der Waals surface area (Å²) in [7, 11) is 0. The molecule has 0 fully saturated rings. The molecule has 4 heteroatoms. The summed E-state index contributed by atoms with van der Waals surface area (Å²) in [5, 5.41) is 0. The molecule has 0 aliphatic carbocycles. The van der Waals surface area contributed by atoms with Crippen molar-refractivity contribution in [1.82, 2.24) is 4.98 Å². The Morgan fingerprint density at radius 3 is 2.65 bits per heavy atom. The number of benzene rings is 1. The van der Waals surface area contributed by atoms with Crippen LogP contribution in [0, 0.1) is 0 Å². The van der Waals surface area contributed by atoms with Gasteiger partial charge in [-0.25, -0.2) is 4.79 Å². The van der Waals surface area contributed by atoms with Gasteiger partial charge in [0.2, 0.25) is 0 Å². The SMILES string of the molecule is CCOC(=O)C(OCc1cccnc1)c1ccccc1. The molecule has 20 heavy (non-hydrogen) atoms. The highest BCUT2D eigenvalue weighted by molar-refractivity contribution is 5.76. The molecule has 104 valence electrons. The van der Waals surface area contributed by atoms with Gasteiger partial charge in [-0.1, -0.05) is 36.4 Å². The number of carbonyl (C=O) groups excluding carboxylic acids is 1. The van der Waals surface area contributed by atoms with Crippen LogP contribution in [0.4, 0.5) is 0 Å². The average Bonchev–Trinajstić information content (AvgIpc) is 2.50. The van der Waals surface area contributed by atoms with Crippen molar-refractivity contribution >= 4 is 5.97 Å². The zero-order chi connectivity index (χ0) is 14.2. The molecular weight excluding hydrogens is 254 g/mol. The summed E-state index contributed by atoms with van der Waals surface area (Å²) >= 11 is 0. The minimum Gasteiger partial charge on any atom is -0.464 e. The molecule has 4 nitrogen and oxygen atoms in total. The molecule has 1 heterocycles. The lowest BCUT2D eigenvalue weighted by Crippen LogP contribution is -2.19. The minimum atomic E-state index is -0.712. The second-order valence-electron chi connectivity index (χ2n) is 4.22. The lowest BCUT2D eigenvalue weighted by atomic mass is 10.1. The third-order valence-corrected chi connectivity index (χ3v) is 2.74. The Balaban J connectivity index is 2.09. The van der Waals surface area contributed by atoms with Crippen LogP contribution in [-0.4, -0.2) is 17.6 Å². The van der Waals surface area contributed by atoms with Gasteiger partial charge in [0.05, 0.1) is 13.2 Å². The van der Waals surface area contributed by atoms with Crippen LogP contribution in [0.5, 0.6) is 0 Å². The number of rotatable bonds is 6. The van der Waals surface area contributed by atoms with Gasteiger partial charge < -0.3 is 9.47 Å². The van der Waals surface area contributed by atoms with Gasteiger partial charge in [0.15, 0.2) is 6.10 Å². The summed E-state index contributed by atoms with van der Waals surface area (Å²) in [6.07, 6.45) is 2.70. The predicted octanol–water partition coefficient (Wildman–Crippen LogP) is 2.90.